The number of carbonyl (C=O) groups is 1. The van der Waals surface area contributed by atoms with Gasteiger partial charge in [0.1, 0.15) is 5.75 Å². The van der Waals surface area contributed by atoms with E-state index in [0.717, 1.165) is 37.4 Å². The number of hydrogen-bond acceptors (Lipinski definition) is 4. The van der Waals surface area contributed by atoms with Crippen LogP contribution in [0.1, 0.15) is 38.3 Å². The lowest BCUT2D eigenvalue weighted by atomic mass is 9.93. The molecule has 1 amide bonds. The Hall–Kier alpha value is -1.59. The molecule has 0 bridgehead atoms. The van der Waals surface area contributed by atoms with Crippen LogP contribution in [0.2, 0.25) is 0 Å². The first-order chi connectivity index (χ1) is 11.5. The molecule has 0 radical (unpaired) electrons. The molecule has 1 N–H and O–H groups in total. The molecule has 0 aromatic heterocycles. The van der Waals surface area contributed by atoms with E-state index in [1.165, 1.54) is 5.56 Å². The molecule has 0 spiro atoms. The number of carbonyl (C=O) groups excluding carboxylic acids is 1. The van der Waals surface area contributed by atoms with Gasteiger partial charge in [0.25, 0.3) is 0 Å². The zero-order chi connectivity index (χ0) is 17.5. The van der Waals surface area contributed by atoms with Crippen LogP contribution in [-0.2, 0) is 22.7 Å². The van der Waals surface area contributed by atoms with Gasteiger partial charge < -0.3 is 19.7 Å². The number of ether oxygens (including phenoxy) is 2. The fourth-order valence-corrected chi connectivity index (χ4v) is 3.25. The SMILES string of the molecule is CCOCc1cc(CN[C@H]2CCN(C(C)=O)C[C@H]2C)ccc1OC. The molecule has 1 aromatic carbocycles. The van der Waals surface area contributed by atoms with Gasteiger partial charge in [0.15, 0.2) is 0 Å². The Morgan fingerprint density at radius 2 is 2.21 bits per heavy atom. The Morgan fingerprint density at radius 1 is 1.42 bits per heavy atom. The van der Waals surface area contributed by atoms with Crippen LogP contribution in [0.4, 0.5) is 0 Å². The molecular formula is C19H30N2O3. The maximum atomic E-state index is 11.5. The number of hydrogen-bond donors (Lipinski definition) is 1. The third kappa shape index (κ3) is 4.95. The Morgan fingerprint density at radius 3 is 2.83 bits per heavy atom. The number of rotatable bonds is 7. The van der Waals surface area contributed by atoms with Gasteiger partial charge in [-0.3, -0.25) is 4.79 Å². The smallest absolute Gasteiger partial charge is 0.219 e. The van der Waals surface area contributed by atoms with Crippen molar-refractivity contribution >= 4 is 5.91 Å². The predicted octanol–water partition coefficient (Wildman–Crippen LogP) is 2.58. The topological polar surface area (TPSA) is 50.8 Å². The molecule has 0 aliphatic carbocycles. The second kappa shape index (κ2) is 9.04. The molecule has 1 fully saturated rings. The van der Waals surface area contributed by atoms with Crippen molar-refractivity contribution in [3.8, 4) is 5.75 Å². The molecule has 0 unspecified atom stereocenters. The first kappa shape index (κ1) is 18.7. The van der Waals surface area contributed by atoms with Crippen LogP contribution in [-0.4, -0.2) is 43.7 Å². The summed E-state index contributed by atoms with van der Waals surface area (Å²) in [7, 11) is 1.69. The van der Waals surface area contributed by atoms with Gasteiger partial charge in [-0.2, -0.15) is 0 Å². The Kier molecular flexibility index (Phi) is 7.06. The molecule has 2 atom stereocenters. The van der Waals surface area contributed by atoms with Crippen molar-refractivity contribution < 1.29 is 14.3 Å². The van der Waals surface area contributed by atoms with Crippen molar-refractivity contribution in [2.24, 2.45) is 5.92 Å². The van der Waals surface area contributed by atoms with Gasteiger partial charge in [-0.15, -0.1) is 0 Å². The molecule has 1 aliphatic heterocycles. The summed E-state index contributed by atoms with van der Waals surface area (Å²) in [6.45, 7) is 9.61. The highest BCUT2D eigenvalue weighted by atomic mass is 16.5. The van der Waals surface area contributed by atoms with Gasteiger partial charge in [0.2, 0.25) is 5.91 Å². The van der Waals surface area contributed by atoms with E-state index in [1.807, 2.05) is 17.9 Å². The van der Waals surface area contributed by atoms with E-state index in [-0.39, 0.29) is 5.91 Å². The number of benzene rings is 1. The number of amides is 1. The van der Waals surface area contributed by atoms with Crippen molar-refractivity contribution in [1.29, 1.82) is 0 Å². The summed E-state index contributed by atoms with van der Waals surface area (Å²) in [4.78, 5) is 13.4. The average Bonchev–Trinajstić information content (AvgIpc) is 2.58. The van der Waals surface area contributed by atoms with Gasteiger partial charge >= 0.3 is 0 Å². The van der Waals surface area contributed by atoms with E-state index < -0.39 is 0 Å². The second-order valence-corrected chi connectivity index (χ2v) is 6.50. The van der Waals surface area contributed by atoms with Crippen LogP contribution in [0.25, 0.3) is 0 Å². The highest BCUT2D eigenvalue weighted by Crippen LogP contribution is 2.22. The minimum Gasteiger partial charge on any atom is -0.496 e. The molecule has 0 saturated carbocycles. The minimum atomic E-state index is 0.177. The van der Waals surface area contributed by atoms with Crippen LogP contribution in [0.5, 0.6) is 5.75 Å². The maximum absolute atomic E-state index is 11.5. The average molecular weight is 334 g/mol. The van der Waals surface area contributed by atoms with Gasteiger partial charge in [-0.05, 0) is 37.0 Å². The highest BCUT2D eigenvalue weighted by Gasteiger charge is 2.26. The monoisotopic (exact) mass is 334 g/mol. The minimum absolute atomic E-state index is 0.177. The Labute approximate surface area is 145 Å². The normalized spacial score (nSPS) is 20.9. The first-order valence-electron chi connectivity index (χ1n) is 8.77. The maximum Gasteiger partial charge on any atom is 0.219 e. The molecule has 2 rings (SSSR count). The number of nitrogens with zero attached hydrogens (tertiary/aromatic N) is 1. The van der Waals surface area contributed by atoms with Crippen LogP contribution >= 0.6 is 0 Å². The number of methoxy groups -OCH3 is 1. The molecule has 5 nitrogen and oxygen atoms in total. The molecule has 1 saturated heterocycles. The summed E-state index contributed by atoms with van der Waals surface area (Å²) < 4.78 is 10.9. The van der Waals surface area contributed by atoms with Crippen LogP contribution in [0.15, 0.2) is 18.2 Å². The summed E-state index contributed by atoms with van der Waals surface area (Å²) in [5, 5.41) is 3.65. The summed E-state index contributed by atoms with van der Waals surface area (Å²) in [5.74, 6) is 1.51. The largest absolute Gasteiger partial charge is 0.496 e. The summed E-state index contributed by atoms with van der Waals surface area (Å²) >= 11 is 0. The number of likely N-dealkylation sites (tertiary alicyclic amines) is 1. The quantitative estimate of drug-likeness (QED) is 0.833. The van der Waals surface area contributed by atoms with Crippen molar-refractivity contribution in [1.82, 2.24) is 10.2 Å². The third-order valence-electron chi connectivity index (χ3n) is 4.73. The molecule has 5 heteroatoms. The second-order valence-electron chi connectivity index (χ2n) is 6.50. The standard InChI is InChI=1S/C19H30N2O3/c1-5-24-13-17-10-16(6-7-19(17)23-4)11-20-18-8-9-21(15(3)22)12-14(18)2/h6-7,10,14,18,20H,5,8-9,11-13H2,1-4H3/t14-,18+/m1/s1. The molecule has 134 valence electrons. The summed E-state index contributed by atoms with van der Waals surface area (Å²) in [5.41, 5.74) is 2.31. The van der Waals surface area contributed by atoms with E-state index >= 15 is 0 Å². The molecular weight excluding hydrogens is 304 g/mol. The zero-order valence-corrected chi connectivity index (χ0v) is 15.3. The number of piperidine rings is 1. The zero-order valence-electron chi connectivity index (χ0n) is 15.3. The summed E-state index contributed by atoms with van der Waals surface area (Å²) in [6.07, 6.45) is 1.00. The molecule has 1 aliphatic rings. The van der Waals surface area contributed by atoms with E-state index in [2.05, 4.69) is 24.4 Å². The van der Waals surface area contributed by atoms with Crippen LogP contribution < -0.4 is 10.1 Å². The lowest BCUT2D eigenvalue weighted by Crippen LogP contribution is -2.49. The molecule has 1 aromatic rings. The van der Waals surface area contributed by atoms with Crippen LogP contribution in [0.3, 0.4) is 0 Å². The van der Waals surface area contributed by atoms with Gasteiger partial charge in [0.05, 0.1) is 13.7 Å². The van der Waals surface area contributed by atoms with Crippen molar-refractivity contribution in [2.45, 2.75) is 46.4 Å². The van der Waals surface area contributed by atoms with Gasteiger partial charge in [-0.25, -0.2) is 0 Å². The highest BCUT2D eigenvalue weighted by molar-refractivity contribution is 5.73. The fraction of sp³-hybridized carbons (Fsp3) is 0.632. The fourth-order valence-electron chi connectivity index (χ4n) is 3.25. The Bertz CT molecular complexity index is 547. The first-order valence-corrected chi connectivity index (χ1v) is 8.77. The van der Waals surface area contributed by atoms with Crippen molar-refractivity contribution in [3.05, 3.63) is 29.3 Å². The van der Waals surface area contributed by atoms with Crippen LogP contribution in [0, 0.1) is 5.92 Å². The van der Waals surface area contributed by atoms with E-state index in [1.54, 1.807) is 14.0 Å². The lowest BCUT2D eigenvalue weighted by Gasteiger charge is -2.37. The van der Waals surface area contributed by atoms with Crippen molar-refractivity contribution in [3.63, 3.8) is 0 Å². The van der Waals surface area contributed by atoms with Gasteiger partial charge in [-0.1, -0.05) is 13.0 Å². The third-order valence-corrected chi connectivity index (χ3v) is 4.73. The van der Waals surface area contributed by atoms with Crippen molar-refractivity contribution in [2.75, 3.05) is 26.8 Å². The van der Waals surface area contributed by atoms with E-state index in [4.69, 9.17) is 9.47 Å². The molecule has 1 heterocycles. The molecule has 24 heavy (non-hydrogen) atoms. The van der Waals surface area contributed by atoms with E-state index in [0.29, 0.717) is 25.2 Å². The number of nitrogens with one attached hydrogen (secondary N) is 1. The van der Waals surface area contributed by atoms with E-state index in [9.17, 15) is 4.79 Å². The predicted molar refractivity (Wildman–Crippen MR) is 95.0 cm³/mol. The van der Waals surface area contributed by atoms with Gasteiger partial charge in [0, 0.05) is 44.8 Å². The summed E-state index contributed by atoms with van der Waals surface area (Å²) in [6, 6.07) is 6.69. The lowest BCUT2D eigenvalue weighted by molar-refractivity contribution is -0.130. The Balaban J connectivity index is 1.93.